The predicted octanol–water partition coefficient (Wildman–Crippen LogP) is 22.8. The molecule has 458 valence electrons. The SMILES string of the molecule is CCCCCCCCCCCCCCCCCC/C=C/C(O)C(CO)NC(=O)CCCCCCCCCCCCCCCCCCCCCCCCCCCCOC(=O)CCCCCCCCCCCCCCCCCC. The number of allylic oxidation sites excluding steroid dienone is 1. The van der Waals surface area contributed by atoms with Crippen molar-refractivity contribution in [3.8, 4) is 0 Å². The lowest BCUT2D eigenvalue weighted by Gasteiger charge is -2.20. The molecule has 0 aliphatic carbocycles. The van der Waals surface area contributed by atoms with Crippen molar-refractivity contribution in [1.82, 2.24) is 5.32 Å². The van der Waals surface area contributed by atoms with Gasteiger partial charge in [-0.05, 0) is 32.1 Å². The molecule has 0 aromatic rings. The second-order valence-corrected chi connectivity index (χ2v) is 24.6. The zero-order valence-electron chi connectivity index (χ0n) is 52.5. The number of hydrogen-bond donors (Lipinski definition) is 3. The van der Waals surface area contributed by atoms with Crippen LogP contribution < -0.4 is 5.32 Å². The summed E-state index contributed by atoms with van der Waals surface area (Å²) in [5, 5.41) is 23.2. The Bertz CT molecular complexity index is 1160. The molecule has 3 N–H and O–H groups in total. The van der Waals surface area contributed by atoms with Crippen LogP contribution in [-0.2, 0) is 14.3 Å². The number of ether oxygens (including phenoxy) is 1. The van der Waals surface area contributed by atoms with Crippen molar-refractivity contribution in [2.45, 2.75) is 418 Å². The highest BCUT2D eigenvalue weighted by atomic mass is 16.5. The van der Waals surface area contributed by atoms with Gasteiger partial charge in [0.25, 0.3) is 0 Å². The van der Waals surface area contributed by atoms with Crippen molar-refractivity contribution in [3.63, 3.8) is 0 Å². The molecule has 77 heavy (non-hydrogen) atoms. The number of aliphatic hydroxyl groups is 2. The molecule has 1 amide bonds. The Kier molecular flexibility index (Phi) is 65.9. The Labute approximate surface area is 482 Å². The average Bonchev–Trinajstić information content (AvgIpc) is 3.43. The van der Waals surface area contributed by atoms with Crippen molar-refractivity contribution >= 4 is 11.9 Å². The maximum absolute atomic E-state index is 12.5. The van der Waals surface area contributed by atoms with E-state index in [1.54, 1.807) is 6.08 Å². The highest BCUT2D eigenvalue weighted by molar-refractivity contribution is 5.76. The molecule has 0 aliphatic heterocycles. The van der Waals surface area contributed by atoms with Gasteiger partial charge < -0.3 is 20.3 Å². The van der Waals surface area contributed by atoms with Crippen molar-refractivity contribution in [2.75, 3.05) is 13.2 Å². The molecule has 0 aliphatic rings. The fourth-order valence-corrected chi connectivity index (χ4v) is 11.4. The molecule has 0 rings (SSSR count). The van der Waals surface area contributed by atoms with Crippen LogP contribution in [0, 0.1) is 0 Å². The normalized spacial score (nSPS) is 12.5. The standard InChI is InChI=1S/C71H139NO5/c1-3-5-7-9-11-13-15-17-19-21-32-35-39-43-47-51-55-59-63-69(74)68(67-73)72-70(75)64-60-56-52-48-44-40-36-33-30-28-26-24-22-23-25-27-29-31-34-38-42-46-50-54-58-62-66-77-71(76)65-61-57-53-49-45-41-37-20-18-16-14-12-10-8-6-4-2/h59,63,68-69,73-74H,3-58,60-62,64-67H2,1-2H3,(H,72,75)/b63-59+. The van der Waals surface area contributed by atoms with Gasteiger partial charge in [-0.2, -0.15) is 0 Å². The lowest BCUT2D eigenvalue weighted by molar-refractivity contribution is -0.143. The van der Waals surface area contributed by atoms with Crippen molar-refractivity contribution in [2.24, 2.45) is 0 Å². The molecule has 2 unspecified atom stereocenters. The number of esters is 1. The van der Waals surface area contributed by atoms with Gasteiger partial charge in [0, 0.05) is 12.8 Å². The second-order valence-electron chi connectivity index (χ2n) is 24.6. The molecular weight excluding hydrogens is 947 g/mol. The van der Waals surface area contributed by atoms with Crippen LogP contribution in [0.2, 0.25) is 0 Å². The van der Waals surface area contributed by atoms with Crippen LogP contribution in [0.1, 0.15) is 406 Å². The molecule has 6 nitrogen and oxygen atoms in total. The van der Waals surface area contributed by atoms with Crippen LogP contribution >= 0.6 is 0 Å². The maximum Gasteiger partial charge on any atom is 0.305 e. The molecule has 6 heteroatoms. The van der Waals surface area contributed by atoms with E-state index < -0.39 is 12.1 Å². The molecule has 0 bridgehead atoms. The second kappa shape index (κ2) is 67.1. The smallest absolute Gasteiger partial charge is 0.305 e. The molecule has 2 atom stereocenters. The first-order chi connectivity index (χ1) is 38.0. The number of carbonyl (C=O) groups is 2. The molecule has 0 saturated carbocycles. The third-order valence-corrected chi connectivity index (χ3v) is 16.8. The first-order valence-electron chi connectivity index (χ1n) is 35.5. The van der Waals surface area contributed by atoms with E-state index in [0.29, 0.717) is 19.4 Å². The largest absolute Gasteiger partial charge is 0.466 e. The number of aliphatic hydroxyl groups excluding tert-OH is 2. The van der Waals surface area contributed by atoms with Crippen LogP contribution in [0.4, 0.5) is 0 Å². The van der Waals surface area contributed by atoms with E-state index in [2.05, 4.69) is 19.2 Å². The van der Waals surface area contributed by atoms with E-state index in [-0.39, 0.29) is 18.5 Å². The molecule has 0 fully saturated rings. The van der Waals surface area contributed by atoms with Gasteiger partial charge in [0.15, 0.2) is 0 Å². The molecule has 0 radical (unpaired) electrons. The first kappa shape index (κ1) is 75.6. The van der Waals surface area contributed by atoms with E-state index in [4.69, 9.17) is 4.74 Å². The highest BCUT2D eigenvalue weighted by Gasteiger charge is 2.18. The minimum absolute atomic E-state index is 0.0214. The third-order valence-electron chi connectivity index (χ3n) is 16.8. The van der Waals surface area contributed by atoms with E-state index in [0.717, 1.165) is 38.5 Å². The van der Waals surface area contributed by atoms with Gasteiger partial charge in [0.2, 0.25) is 5.91 Å². The van der Waals surface area contributed by atoms with Crippen molar-refractivity contribution < 1.29 is 24.5 Å². The summed E-state index contributed by atoms with van der Waals surface area (Å²) >= 11 is 0. The third kappa shape index (κ3) is 63.6. The van der Waals surface area contributed by atoms with Crippen molar-refractivity contribution in [3.05, 3.63) is 12.2 Å². The van der Waals surface area contributed by atoms with Gasteiger partial charge in [-0.25, -0.2) is 0 Å². The zero-order valence-corrected chi connectivity index (χ0v) is 52.5. The number of carbonyl (C=O) groups excluding carboxylic acids is 2. The lowest BCUT2D eigenvalue weighted by Crippen LogP contribution is -2.45. The van der Waals surface area contributed by atoms with Crippen molar-refractivity contribution in [1.29, 1.82) is 0 Å². The maximum atomic E-state index is 12.5. The average molecular weight is 1090 g/mol. The van der Waals surface area contributed by atoms with Gasteiger partial charge >= 0.3 is 5.97 Å². The lowest BCUT2D eigenvalue weighted by atomic mass is 10.0. The molecule has 0 aromatic carbocycles. The Morgan fingerprint density at radius 1 is 0.351 bits per heavy atom. The number of unbranched alkanes of at least 4 members (excludes halogenated alkanes) is 56. The van der Waals surface area contributed by atoms with Crippen LogP contribution in [0.5, 0.6) is 0 Å². The summed E-state index contributed by atoms with van der Waals surface area (Å²) in [4.78, 5) is 24.6. The van der Waals surface area contributed by atoms with Crippen LogP contribution in [0.25, 0.3) is 0 Å². The minimum atomic E-state index is -0.843. The predicted molar refractivity (Wildman–Crippen MR) is 338 cm³/mol. The van der Waals surface area contributed by atoms with E-state index >= 15 is 0 Å². The van der Waals surface area contributed by atoms with E-state index in [9.17, 15) is 19.8 Å². The molecule has 0 saturated heterocycles. The molecular formula is C71H139NO5. The molecule has 0 heterocycles. The topological polar surface area (TPSA) is 95.9 Å². The zero-order chi connectivity index (χ0) is 55.7. The van der Waals surface area contributed by atoms with Gasteiger partial charge in [-0.15, -0.1) is 0 Å². The van der Waals surface area contributed by atoms with Crippen LogP contribution in [0.3, 0.4) is 0 Å². The first-order valence-corrected chi connectivity index (χ1v) is 35.5. The van der Waals surface area contributed by atoms with Crippen LogP contribution in [-0.4, -0.2) is 47.4 Å². The van der Waals surface area contributed by atoms with Gasteiger partial charge in [-0.3, -0.25) is 9.59 Å². The highest BCUT2D eigenvalue weighted by Crippen LogP contribution is 2.19. The minimum Gasteiger partial charge on any atom is -0.466 e. The number of nitrogens with one attached hydrogen (secondary N) is 1. The van der Waals surface area contributed by atoms with Gasteiger partial charge in [0.05, 0.1) is 25.4 Å². The van der Waals surface area contributed by atoms with Crippen LogP contribution in [0.15, 0.2) is 12.2 Å². The Morgan fingerprint density at radius 3 is 0.883 bits per heavy atom. The Balaban J connectivity index is 3.36. The summed E-state index contributed by atoms with van der Waals surface area (Å²) in [7, 11) is 0. The Morgan fingerprint density at radius 2 is 0.597 bits per heavy atom. The fourth-order valence-electron chi connectivity index (χ4n) is 11.4. The van der Waals surface area contributed by atoms with Gasteiger partial charge in [-0.1, -0.05) is 373 Å². The summed E-state index contributed by atoms with van der Waals surface area (Å²) < 4.78 is 5.50. The summed E-state index contributed by atoms with van der Waals surface area (Å²) in [6.07, 6.45) is 82.9. The molecule has 0 aromatic heterocycles. The number of amides is 1. The monoisotopic (exact) mass is 1090 g/mol. The number of rotatable bonds is 67. The summed E-state index contributed by atoms with van der Waals surface area (Å²) in [6.45, 7) is 4.95. The quantitative estimate of drug-likeness (QED) is 0.0320. The number of hydrogen-bond acceptors (Lipinski definition) is 5. The summed E-state index contributed by atoms with van der Waals surface area (Å²) in [5.74, 6) is -0.0404. The summed E-state index contributed by atoms with van der Waals surface area (Å²) in [6, 6.07) is -0.626. The summed E-state index contributed by atoms with van der Waals surface area (Å²) in [5.41, 5.74) is 0. The molecule has 0 spiro atoms. The Hall–Kier alpha value is -1.40. The fraction of sp³-hybridized carbons (Fsp3) is 0.944. The van der Waals surface area contributed by atoms with E-state index in [1.807, 2.05) is 6.08 Å². The van der Waals surface area contributed by atoms with Gasteiger partial charge in [0.1, 0.15) is 0 Å². The van der Waals surface area contributed by atoms with E-state index in [1.165, 1.54) is 340 Å².